The minimum atomic E-state index is -1.21. The molecule has 0 aromatic heterocycles. The number of rotatable bonds is 7. The van der Waals surface area contributed by atoms with Crippen molar-refractivity contribution in [2.75, 3.05) is 19.8 Å². The molecule has 0 aromatic rings. The van der Waals surface area contributed by atoms with Crippen molar-refractivity contribution in [3.63, 3.8) is 0 Å². The van der Waals surface area contributed by atoms with Gasteiger partial charge < -0.3 is 31.1 Å². The Kier molecular flexibility index (Phi) is 7.18. The number of aliphatic hydroxyl groups excluding tert-OH is 3. The molecule has 15 heavy (non-hydrogen) atoms. The molecular weight excluding hydrogens is 204 g/mol. The second-order valence-corrected chi connectivity index (χ2v) is 3.04. The summed E-state index contributed by atoms with van der Waals surface area (Å²) in [5, 5.41) is 28.9. The first kappa shape index (κ1) is 14.3. The molecule has 7 nitrogen and oxygen atoms in total. The number of hydrogen-bond acceptors (Lipinski definition) is 6. The molecule has 0 spiro atoms. The molecule has 0 fully saturated rings. The summed E-state index contributed by atoms with van der Waals surface area (Å²) in [5.74, 6) is -0.393. The quantitative estimate of drug-likeness (QED) is 0.295. The normalized spacial score (nSPS) is 16.9. The summed E-state index contributed by atoms with van der Waals surface area (Å²) < 4.78 is 4.92. The van der Waals surface area contributed by atoms with Crippen LogP contribution in [0.15, 0.2) is 0 Å². The standard InChI is InChI=1S/C8H18N2O5/c1-5(13)10-7(6(14)4-12)8(9)15-3-2-11/h6-8,11-12,14H,2-4,9H2,1H3,(H,10,13)/t6-,7+,8+/m0/s1. The van der Waals surface area contributed by atoms with Crippen molar-refractivity contribution in [2.45, 2.75) is 25.3 Å². The predicted octanol–water partition coefficient (Wildman–Crippen LogP) is -2.86. The summed E-state index contributed by atoms with van der Waals surface area (Å²) in [6.07, 6.45) is -2.19. The summed E-state index contributed by atoms with van der Waals surface area (Å²) in [6, 6.07) is -0.904. The topological polar surface area (TPSA) is 125 Å². The third-order valence-corrected chi connectivity index (χ3v) is 1.73. The highest BCUT2D eigenvalue weighted by Gasteiger charge is 2.26. The number of nitrogens with one attached hydrogen (secondary N) is 1. The Balaban J connectivity index is 4.26. The Morgan fingerprint density at radius 3 is 2.53 bits per heavy atom. The third kappa shape index (κ3) is 5.65. The van der Waals surface area contributed by atoms with E-state index in [1.165, 1.54) is 6.92 Å². The smallest absolute Gasteiger partial charge is 0.217 e. The van der Waals surface area contributed by atoms with Crippen molar-refractivity contribution < 1.29 is 24.9 Å². The first-order valence-corrected chi connectivity index (χ1v) is 4.57. The van der Waals surface area contributed by atoms with E-state index in [-0.39, 0.29) is 13.2 Å². The van der Waals surface area contributed by atoms with Crippen LogP contribution in [0.1, 0.15) is 6.92 Å². The molecule has 0 radical (unpaired) electrons. The van der Waals surface area contributed by atoms with E-state index in [4.69, 9.17) is 20.7 Å². The zero-order chi connectivity index (χ0) is 11.8. The van der Waals surface area contributed by atoms with E-state index in [0.29, 0.717) is 0 Å². The summed E-state index contributed by atoms with van der Waals surface area (Å²) in [4.78, 5) is 10.8. The molecule has 3 atom stereocenters. The highest BCUT2D eigenvalue weighted by molar-refractivity contribution is 5.73. The molecular formula is C8H18N2O5. The van der Waals surface area contributed by atoms with Crippen molar-refractivity contribution in [1.29, 1.82) is 0 Å². The van der Waals surface area contributed by atoms with Gasteiger partial charge in [-0.05, 0) is 0 Å². The number of ether oxygens (including phenoxy) is 1. The lowest BCUT2D eigenvalue weighted by Gasteiger charge is -2.27. The fourth-order valence-corrected chi connectivity index (χ4v) is 1.04. The lowest BCUT2D eigenvalue weighted by molar-refractivity contribution is -0.123. The number of hydrogen-bond donors (Lipinski definition) is 5. The van der Waals surface area contributed by atoms with Crippen LogP contribution in [0.2, 0.25) is 0 Å². The Hall–Kier alpha value is -0.730. The van der Waals surface area contributed by atoms with E-state index in [9.17, 15) is 9.90 Å². The second kappa shape index (κ2) is 7.55. The molecule has 0 saturated carbocycles. The monoisotopic (exact) mass is 222 g/mol. The first-order valence-electron chi connectivity index (χ1n) is 4.57. The van der Waals surface area contributed by atoms with Gasteiger partial charge in [-0.15, -0.1) is 0 Å². The van der Waals surface area contributed by atoms with Crippen LogP contribution in [-0.2, 0) is 9.53 Å². The highest BCUT2D eigenvalue weighted by atomic mass is 16.5. The SMILES string of the molecule is CC(=O)N[C@@H]([C@H](N)OCCO)[C@@H](O)CO. The maximum Gasteiger partial charge on any atom is 0.217 e. The van der Waals surface area contributed by atoms with Crippen LogP contribution in [0, 0.1) is 0 Å². The first-order chi connectivity index (χ1) is 7.02. The number of carbonyl (C=O) groups excluding carboxylic acids is 1. The largest absolute Gasteiger partial charge is 0.394 e. The minimum absolute atomic E-state index is 0.00456. The number of aliphatic hydroxyl groups is 3. The minimum Gasteiger partial charge on any atom is -0.394 e. The molecule has 0 aliphatic carbocycles. The van der Waals surface area contributed by atoms with E-state index in [1.807, 2.05) is 0 Å². The van der Waals surface area contributed by atoms with Gasteiger partial charge in [0.2, 0.25) is 5.91 Å². The number of nitrogens with two attached hydrogens (primary N) is 1. The van der Waals surface area contributed by atoms with Crippen molar-refractivity contribution in [1.82, 2.24) is 5.32 Å². The average Bonchev–Trinajstić information content (AvgIpc) is 2.21. The van der Waals surface area contributed by atoms with E-state index in [0.717, 1.165) is 0 Å². The van der Waals surface area contributed by atoms with Crippen LogP contribution in [-0.4, -0.2) is 59.4 Å². The molecule has 90 valence electrons. The van der Waals surface area contributed by atoms with Gasteiger partial charge in [-0.1, -0.05) is 0 Å². The Labute approximate surface area is 87.8 Å². The Morgan fingerprint density at radius 2 is 2.13 bits per heavy atom. The van der Waals surface area contributed by atoms with Crippen LogP contribution in [0.3, 0.4) is 0 Å². The fourth-order valence-electron chi connectivity index (χ4n) is 1.04. The van der Waals surface area contributed by atoms with Gasteiger partial charge in [-0.3, -0.25) is 4.79 Å². The van der Waals surface area contributed by atoms with Crippen molar-refractivity contribution in [3.05, 3.63) is 0 Å². The van der Waals surface area contributed by atoms with Gasteiger partial charge in [0.05, 0.1) is 25.9 Å². The van der Waals surface area contributed by atoms with Crippen LogP contribution >= 0.6 is 0 Å². The molecule has 1 amide bonds. The number of carbonyl (C=O) groups is 1. The van der Waals surface area contributed by atoms with Crippen LogP contribution in [0.25, 0.3) is 0 Å². The molecule has 0 saturated heterocycles. The molecule has 0 unspecified atom stereocenters. The average molecular weight is 222 g/mol. The van der Waals surface area contributed by atoms with E-state index in [1.54, 1.807) is 0 Å². The molecule has 0 aliphatic rings. The van der Waals surface area contributed by atoms with Crippen LogP contribution in [0.5, 0.6) is 0 Å². The zero-order valence-electron chi connectivity index (χ0n) is 8.59. The number of amides is 1. The summed E-state index contributed by atoms with van der Waals surface area (Å²) >= 11 is 0. The van der Waals surface area contributed by atoms with Gasteiger partial charge in [0, 0.05) is 6.92 Å². The fraction of sp³-hybridized carbons (Fsp3) is 0.875. The van der Waals surface area contributed by atoms with Crippen LogP contribution in [0.4, 0.5) is 0 Å². The molecule has 0 rings (SSSR count). The van der Waals surface area contributed by atoms with Crippen LogP contribution < -0.4 is 11.1 Å². The highest BCUT2D eigenvalue weighted by Crippen LogP contribution is 2.00. The maximum absolute atomic E-state index is 10.8. The van der Waals surface area contributed by atoms with Gasteiger partial charge in [-0.2, -0.15) is 0 Å². The van der Waals surface area contributed by atoms with Crippen molar-refractivity contribution in [2.24, 2.45) is 5.73 Å². The van der Waals surface area contributed by atoms with E-state index < -0.39 is 30.9 Å². The third-order valence-electron chi connectivity index (χ3n) is 1.73. The van der Waals surface area contributed by atoms with Gasteiger partial charge in [0.15, 0.2) is 0 Å². The van der Waals surface area contributed by atoms with Gasteiger partial charge in [0.1, 0.15) is 12.3 Å². The van der Waals surface area contributed by atoms with Gasteiger partial charge in [-0.25, -0.2) is 0 Å². The maximum atomic E-state index is 10.8. The molecule has 0 bridgehead atoms. The molecule has 0 aliphatic heterocycles. The Bertz CT molecular complexity index is 190. The van der Waals surface area contributed by atoms with E-state index >= 15 is 0 Å². The second-order valence-electron chi connectivity index (χ2n) is 3.04. The molecule has 6 N–H and O–H groups in total. The lowest BCUT2D eigenvalue weighted by Crippen LogP contribution is -2.56. The Morgan fingerprint density at radius 1 is 1.53 bits per heavy atom. The van der Waals surface area contributed by atoms with E-state index in [2.05, 4.69) is 5.32 Å². The molecule has 0 heterocycles. The molecule has 0 aromatic carbocycles. The van der Waals surface area contributed by atoms with Gasteiger partial charge >= 0.3 is 0 Å². The van der Waals surface area contributed by atoms with Crippen molar-refractivity contribution >= 4 is 5.91 Å². The predicted molar refractivity (Wildman–Crippen MR) is 51.7 cm³/mol. The summed E-state index contributed by atoms with van der Waals surface area (Å²) in [5.41, 5.74) is 5.51. The summed E-state index contributed by atoms with van der Waals surface area (Å²) in [7, 11) is 0. The zero-order valence-corrected chi connectivity index (χ0v) is 8.59. The summed E-state index contributed by atoms with van der Waals surface area (Å²) in [6.45, 7) is 0.502. The lowest BCUT2D eigenvalue weighted by atomic mass is 10.1. The molecule has 7 heteroatoms. The van der Waals surface area contributed by atoms with Gasteiger partial charge in [0.25, 0.3) is 0 Å². The van der Waals surface area contributed by atoms with Crippen molar-refractivity contribution in [3.8, 4) is 0 Å².